The van der Waals surface area contributed by atoms with Crippen LogP contribution in [0.3, 0.4) is 0 Å². The van der Waals surface area contributed by atoms with E-state index in [0.717, 1.165) is 23.0 Å². The zero-order valence-electron chi connectivity index (χ0n) is 15.0. The van der Waals surface area contributed by atoms with Crippen LogP contribution in [-0.2, 0) is 6.18 Å². The quantitative estimate of drug-likeness (QED) is 0.533. The Morgan fingerprint density at radius 2 is 1.90 bits per heavy atom. The van der Waals surface area contributed by atoms with E-state index >= 15 is 0 Å². The van der Waals surface area contributed by atoms with Gasteiger partial charge in [-0.05, 0) is 31.0 Å². The predicted molar refractivity (Wildman–Crippen MR) is 102 cm³/mol. The number of aromatic nitrogens is 3. The van der Waals surface area contributed by atoms with Crippen LogP contribution in [0.4, 0.5) is 17.6 Å². The summed E-state index contributed by atoms with van der Waals surface area (Å²) in [6, 6.07) is 4.69. The van der Waals surface area contributed by atoms with Gasteiger partial charge in [0.15, 0.2) is 5.69 Å². The Morgan fingerprint density at radius 3 is 2.47 bits per heavy atom. The standard InChI is InChI=1S/C19H12Cl2F4N4O/c20-10-7-27-17(16(21)15(10)18(26)30)9-3-4-12(11(22)5-9)29-13(8-1-2-8)6-14(28-29)19(23,24)25/h3-8H,1-2H2,(H2,26,30). The molecule has 1 aliphatic carbocycles. The lowest BCUT2D eigenvalue weighted by atomic mass is 10.1. The molecule has 0 saturated heterocycles. The number of carbonyl (C=O) groups excluding carboxylic acids is 1. The van der Waals surface area contributed by atoms with Gasteiger partial charge in [-0.25, -0.2) is 9.07 Å². The Bertz CT molecular complexity index is 1170. The highest BCUT2D eigenvalue weighted by atomic mass is 35.5. The summed E-state index contributed by atoms with van der Waals surface area (Å²) in [7, 11) is 0. The zero-order chi connectivity index (χ0) is 21.8. The Kier molecular flexibility index (Phi) is 4.98. The van der Waals surface area contributed by atoms with Gasteiger partial charge in [-0.15, -0.1) is 0 Å². The lowest BCUT2D eigenvalue weighted by Crippen LogP contribution is -2.13. The van der Waals surface area contributed by atoms with Crippen LogP contribution in [0.15, 0.2) is 30.5 Å². The van der Waals surface area contributed by atoms with Crippen molar-refractivity contribution in [1.82, 2.24) is 14.8 Å². The van der Waals surface area contributed by atoms with Crippen molar-refractivity contribution < 1.29 is 22.4 Å². The maximum Gasteiger partial charge on any atom is 0.435 e. The number of halogens is 6. The summed E-state index contributed by atoms with van der Waals surface area (Å²) in [5.74, 6) is -1.81. The van der Waals surface area contributed by atoms with E-state index in [9.17, 15) is 22.4 Å². The lowest BCUT2D eigenvalue weighted by Gasteiger charge is -2.12. The number of nitrogens with two attached hydrogens (primary N) is 1. The highest BCUT2D eigenvalue weighted by Crippen LogP contribution is 2.43. The number of hydrogen-bond donors (Lipinski definition) is 1. The Hall–Kier alpha value is -2.65. The zero-order valence-corrected chi connectivity index (χ0v) is 16.5. The Labute approximate surface area is 177 Å². The van der Waals surface area contributed by atoms with Gasteiger partial charge in [0.1, 0.15) is 11.5 Å². The second-order valence-corrected chi connectivity index (χ2v) is 7.60. The molecule has 0 atom stereocenters. The molecule has 0 aliphatic heterocycles. The van der Waals surface area contributed by atoms with Gasteiger partial charge in [-0.3, -0.25) is 9.78 Å². The van der Waals surface area contributed by atoms with Crippen molar-refractivity contribution in [3.8, 4) is 16.9 Å². The van der Waals surface area contributed by atoms with E-state index in [1.807, 2.05) is 0 Å². The van der Waals surface area contributed by atoms with E-state index in [-0.39, 0.29) is 38.5 Å². The third-order valence-electron chi connectivity index (χ3n) is 4.69. The average Bonchev–Trinajstić information content (AvgIpc) is 3.39. The molecule has 4 rings (SSSR count). The molecule has 0 unspecified atom stereocenters. The summed E-state index contributed by atoms with van der Waals surface area (Å²) < 4.78 is 55.2. The fourth-order valence-corrected chi connectivity index (χ4v) is 3.75. The summed E-state index contributed by atoms with van der Waals surface area (Å²) in [4.78, 5) is 15.6. The van der Waals surface area contributed by atoms with E-state index in [4.69, 9.17) is 28.9 Å². The van der Waals surface area contributed by atoms with Crippen LogP contribution in [0.5, 0.6) is 0 Å². The maximum absolute atomic E-state index is 14.9. The van der Waals surface area contributed by atoms with E-state index in [0.29, 0.717) is 18.5 Å². The first-order valence-corrected chi connectivity index (χ1v) is 9.44. The van der Waals surface area contributed by atoms with Gasteiger partial charge in [0, 0.05) is 23.4 Å². The molecule has 1 amide bonds. The number of rotatable bonds is 4. The number of amides is 1. The molecule has 3 aromatic rings. The van der Waals surface area contributed by atoms with Gasteiger partial charge >= 0.3 is 6.18 Å². The third-order valence-corrected chi connectivity index (χ3v) is 5.35. The van der Waals surface area contributed by atoms with Crippen LogP contribution in [-0.4, -0.2) is 20.7 Å². The SMILES string of the molecule is NC(=O)c1c(Cl)cnc(-c2ccc(-n3nc(C(F)(F)F)cc3C3CC3)c(F)c2)c1Cl. The fourth-order valence-electron chi connectivity index (χ4n) is 3.12. The lowest BCUT2D eigenvalue weighted by molar-refractivity contribution is -0.141. The normalized spacial score (nSPS) is 14.2. The summed E-state index contributed by atoms with van der Waals surface area (Å²) in [5, 5.41) is 3.36. The minimum absolute atomic E-state index is 0.0548. The molecule has 1 aliphatic rings. The van der Waals surface area contributed by atoms with Gasteiger partial charge in [-0.2, -0.15) is 18.3 Å². The summed E-state index contributed by atoms with van der Waals surface area (Å²) >= 11 is 12.1. The van der Waals surface area contributed by atoms with E-state index in [1.165, 1.54) is 12.1 Å². The minimum Gasteiger partial charge on any atom is -0.366 e. The van der Waals surface area contributed by atoms with Gasteiger partial charge in [0.05, 0.1) is 21.3 Å². The van der Waals surface area contributed by atoms with Crippen LogP contribution >= 0.6 is 23.2 Å². The number of primary amides is 1. The highest BCUT2D eigenvalue weighted by molar-refractivity contribution is 6.40. The molecule has 2 aromatic heterocycles. The number of hydrogen-bond acceptors (Lipinski definition) is 3. The molecule has 1 aromatic carbocycles. The molecule has 5 nitrogen and oxygen atoms in total. The largest absolute Gasteiger partial charge is 0.435 e. The van der Waals surface area contributed by atoms with E-state index < -0.39 is 23.6 Å². The molecule has 0 spiro atoms. The van der Waals surface area contributed by atoms with Crippen LogP contribution in [0, 0.1) is 5.82 Å². The molecule has 2 N–H and O–H groups in total. The first kappa shape index (κ1) is 20.6. The number of pyridine rings is 1. The first-order valence-electron chi connectivity index (χ1n) is 8.69. The van der Waals surface area contributed by atoms with Gasteiger partial charge < -0.3 is 5.73 Å². The second-order valence-electron chi connectivity index (χ2n) is 6.81. The van der Waals surface area contributed by atoms with Gasteiger partial charge in [0.2, 0.25) is 0 Å². The van der Waals surface area contributed by atoms with E-state index in [1.54, 1.807) is 0 Å². The fraction of sp³-hybridized carbons (Fsp3) is 0.211. The van der Waals surface area contributed by atoms with Crippen molar-refractivity contribution in [2.75, 3.05) is 0 Å². The Balaban J connectivity index is 1.80. The van der Waals surface area contributed by atoms with Crippen molar-refractivity contribution in [3.05, 3.63) is 63.3 Å². The smallest absolute Gasteiger partial charge is 0.366 e. The van der Waals surface area contributed by atoms with Crippen molar-refractivity contribution in [3.63, 3.8) is 0 Å². The Morgan fingerprint density at radius 1 is 1.20 bits per heavy atom. The summed E-state index contributed by atoms with van der Waals surface area (Å²) in [6.07, 6.45) is -2.06. The van der Waals surface area contributed by atoms with Crippen LogP contribution in [0.25, 0.3) is 16.9 Å². The minimum atomic E-state index is -4.64. The molecule has 30 heavy (non-hydrogen) atoms. The molecule has 0 bridgehead atoms. The van der Waals surface area contributed by atoms with Gasteiger partial charge in [0.25, 0.3) is 5.91 Å². The second kappa shape index (κ2) is 7.24. The molecular formula is C19H12Cl2F4N4O. The molecular weight excluding hydrogens is 447 g/mol. The van der Waals surface area contributed by atoms with Crippen LogP contribution < -0.4 is 5.73 Å². The van der Waals surface area contributed by atoms with Crippen LogP contribution in [0.2, 0.25) is 10.0 Å². The topological polar surface area (TPSA) is 73.8 Å². The predicted octanol–water partition coefficient (Wildman–Crippen LogP) is 5.38. The van der Waals surface area contributed by atoms with Crippen molar-refractivity contribution in [2.45, 2.75) is 24.9 Å². The summed E-state index contributed by atoms with van der Waals surface area (Å²) in [5.41, 5.74) is 4.43. The van der Waals surface area contributed by atoms with E-state index in [2.05, 4.69) is 10.1 Å². The van der Waals surface area contributed by atoms with Crippen molar-refractivity contribution in [1.29, 1.82) is 0 Å². The molecule has 0 radical (unpaired) electrons. The third kappa shape index (κ3) is 3.63. The number of benzene rings is 1. The molecule has 11 heteroatoms. The number of alkyl halides is 3. The highest BCUT2D eigenvalue weighted by Gasteiger charge is 2.38. The average molecular weight is 459 g/mol. The molecule has 1 saturated carbocycles. The van der Waals surface area contributed by atoms with Crippen LogP contribution in [0.1, 0.15) is 40.5 Å². The molecule has 2 heterocycles. The van der Waals surface area contributed by atoms with Crippen molar-refractivity contribution >= 4 is 29.1 Å². The van der Waals surface area contributed by atoms with Crippen molar-refractivity contribution in [2.24, 2.45) is 5.73 Å². The summed E-state index contributed by atoms with van der Waals surface area (Å²) in [6.45, 7) is 0. The first-order chi connectivity index (χ1) is 14.1. The maximum atomic E-state index is 14.9. The monoisotopic (exact) mass is 458 g/mol. The number of carbonyl (C=O) groups is 1. The molecule has 156 valence electrons. The van der Waals surface area contributed by atoms with Gasteiger partial charge in [-0.1, -0.05) is 29.3 Å². The number of nitrogens with zero attached hydrogens (tertiary/aromatic N) is 3. The molecule has 1 fully saturated rings.